The molecule has 16 heavy (non-hydrogen) atoms. The van der Waals surface area contributed by atoms with Crippen LogP contribution in [0.25, 0.3) is 0 Å². The van der Waals surface area contributed by atoms with Crippen molar-refractivity contribution in [2.45, 2.75) is 19.3 Å². The Hall–Kier alpha value is -0.650. The summed E-state index contributed by atoms with van der Waals surface area (Å²) < 4.78 is 10.1. The maximum absolute atomic E-state index is 11.2. The van der Waals surface area contributed by atoms with E-state index in [0.29, 0.717) is 19.6 Å². The average Bonchev–Trinajstić information content (AvgIpc) is 2.30. The summed E-state index contributed by atoms with van der Waals surface area (Å²) in [6.45, 7) is 3.48. The standard InChI is InChI=1S/C11H24N2O3/c1-12-7-5-11(14)13-6-3-4-8-16-10-9-15-2/h12H,3-10H2,1-2H3,(H,13,14). The highest BCUT2D eigenvalue weighted by Crippen LogP contribution is 1.89. The van der Waals surface area contributed by atoms with E-state index in [1.54, 1.807) is 7.11 Å². The van der Waals surface area contributed by atoms with E-state index in [1.807, 2.05) is 7.05 Å². The van der Waals surface area contributed by atoms with Crippen molar-refractivity contribution in [1.82, 2.24) is 10.6 Å². The summed E-state index contributed by atoms with van der Waals surface area (Å²) in [5.41, 5.74) is 0. The zero-order valence-electron chi connectivity index (χ0n) is 10.4. The van der Waals surface area contributed by atoms with Crippen LogP contribution in [0.15, 0.2) is 0 Å². The van der Waals surface area contributed by atoms with Gasteiger partial charge in [0.05, 0.1) is 13.2 Å². The molecule has 0 radical (unpaired) electrons. The maximum atomic E-state index is 11.2. The van der Waals surface area contributed by atoms with Crippen molar-refractivity contribution in [3.8, 4) is 0 Å². The largest absolute Gasteiger partial charge is 0.382 e. The van der Waals surface area contributed by atoms with Crippen LogP contribution in [0.5, 0.6) is 0 Å². The molecule has 0 aliphatic rings. The molecule has 0 aliphatic carbocycles. The van der Waals surface area contributed by atoms with Crippen molar-refractivity contribution in [1.29, 1.82) is 0 Å². The number of carbonyl (C=O) groups is 1. The molecule has 0 unspecified atom stereocenters. The van der Waals surface area contributed by atoms with Crippen LogP contribution >= 0.6 is 0 Å². The monoisotopic (exact) mass is 232 g/mol. The highest BCUT2D eigenvalue weighted by Gasteiger charge is 1.98. The molecule has 0 atom stereocenters. The molecule has 0 spiro atoms. The highest BCUT2D eigenvalue weighted by atomic mass is 16.5. The minimum Gasteiger partial charge on any atom is -0.382 e. The van der Waals surface area contributed by atoms with Gasteiger partial charge < -0.3 is 20.1 Å². The number of carbonyl (C=O) groups excluding carboxylic acids is 1. The first kappa shape index (κ1) is 15.3. The minimum atomic E-state index is 0.106. The highest BCUT2D eigenvalue weighted by molar-refractivity contribution is 5.75. The van der Waals surface area contributed by atoms with E-state index in [9.17, 15) is 4.79 Å². The molecule has 0 aliphatic heterocycles. The molecule has 0 bridgehead atoms. The summed E-state index contributed by atoms with van der Waals surface area (Å²) in [4.78, 5) is 11.2. The molecule has 5 heteroatoms. The summed E-state index contributed by atoms with van der Waals surface area (Å²) in [6.07, 6.45) is 2.47. The van der Waals surface area contributed by atoms with Crippen molar-refractivity contribution in [3.63, 3.8) is 0 Å². The normalized spacial score (nSPS) is 10.4. The Morgan fingerprint density at radius 2 is 1.94 bits per heavy atom. The van der Waals surface area contributed by atoms with E-state index >= 15 is 0 Å². The van der Waals surface area contributed by atoms with Gasteiger partial charge in [0.1, 0.15) is 0 Å². The predicted molar refractivity (Wildman–Crippen MR) is 63.5 cm³/mol. The quantitative estimate of drug-likeness (QED) is 0.498. The second kappa shape index (κ2) is 12.4. The SMILES string of the molecule is CNCCC(=O)NCCCCOCCOC. The molecule has 0 aromatic heterocycles. The van der Waals surface area contributed by atoms with E-state index in [2.05, 4.69) is 10.6 Å². The third-order valence-electron chi connectivity index (χ3n) is 2.07. The van der Waals surface area contributed by atoms with Gasteiger partial charge in [0.2, 0.25) is 5.91 Å². The lowest BCUT2D eigenvalue weighted by atomic mass is 10.3. The summed E-state index contributed by atoms with van der Waals surface area (Å²) in [5.74, 6) is 0.106. The third kappa shape index (κ3) is 11.4. The van der Waals surface area contributed by atoms with E-state index < -0.39 is 0 Å². The fourth-order valence-corrected chi connectivity index (χ4v) is 1.13. The molecular formula is C11H24N2O3. The van der Waals surface area contributed by atoms with Crippen molar-refractivity contribution < 1.29 is 14.3 Å². The Morgan fingerprint density at radius 3 is 2.62 bits per heavy atom. The molecule has 0 saturated carbocycles. The van der Waals surface area contributed by atoms with Crippen LogP contribution in [0.1, 0.15) is 19.3 Å². The van der Waals surface area contributed by atoms with Gasteiger partial charge in [-0.1, -0.05) is 0 Å². The number of hydrogen-bond acceptors (Lipinski definition) is 4. The Labute approximate surface area is 97.9 Å². The van der Waals surface area contributed by atoms with Crippen LogP contribution < -0.4 is 10.6 Å². The van der Waals surface area contributed by atoms with Gasteiger partial charge in [-0.3, -0.25) is 4.79 Å². The van der Waals surface area contributed by atoms with E-state index in [1.165, 1.54) is 0 Å². The lowest BCUT2D eigenvalue weighted by molar-refractivity contribution is -0.121. The second-order valence-corrected chi connectivity index (χ2v) is 3.52. The topological polar surface area (TPSA) is 59.6 Å². The van der Waals surface area contributed by atoms with E-state index in [0.717, 1.165) is 32.5 Å². The van der Waals surface area contributed by atoms with Crippen LogP contribution in [-0.2, 0) is 14.3 Å². The molecule has 0 aromatic carbocycles. The molecule has 0 heterocycles. The number of hydrogen-bond donors (Lipinski definition) is 2. The zero-order chi connectivity index (χ0) is 12.1. The first-order chi connectivity index (χ1) is 7.81. The average molecular weight is 232 g/mol. The summed E-state index contributed by atoms with van der Waals surface area (Å²) >= 11 is 0. The van der Waals surface area contributed by atoms with Crippen molar-refractivity contribution in [2.75, 3.05) is 47.1 Å². The Balaban J connectivity index is 3.05. The first-order valence-corrected chi connectivity index (χ1v) is 5.79. The fraction of sp³-hybridized carbons (Fsp3) is 0.909. The lowest BCUT2D eigenvalue weighted by Crippen LogP contribution is -2.27. The predicted octanol–water partition coefficient (Wildman–Crippen LogP) is 0.155. The van der Waals surface area contributed by atoms with Crippen LogP contribution in [0, 0.1) is 0 Å². The van der Waals surface area contributed by atoms with Gasteiger partial charge in [-0.15, -0.1) is 0 Å². The van der Waals surface area contributed by atoms with Crippen LogP contribution in [0.4, 0.5) is 0 Å². The van der Waals surface area contributed by atoms with Crippen molar-refractivity contribution >= 4 is 5.91 Å². The molecule has 0 rings (SSSR count). The zero-order valence-corrected chi connectivity index (χ0v) is 10.4. The maximum Gasteiger partial charge on any atom is 0.221 e. The van der Waals surface area contributed by atoms with Crippen molar-refractivity contribution in [2.24, 2.45) is 0 Å². The third-order valence-corrected chi connectivity index (χ3v) is 2.07. The number of ether oxygens (including phenoxy) is 2. The Morgan fingerprint density at radius 1 is 1.12 bits per heavy atom. The molecule has 5 nitrogen and oxygen atoms in total. The molecular weight excluding hydrogens is 208 g/mol. The van der Waals surface area contributed by atoms with Gasteiger partial charge in [-0.05, 0) is 19.9 Å². The van der Waals surface area contributed by atoms with Crippen LogP contribution in [-0.4, -0.2) is 53.0 Å². The smallest absolute Gasteiger partial charge is 0.221 e. The van der Waals surface area contributed by atoms with Gasteiger partial charge in [-0.2, -0.15) is 0 Å². The van der Waals surface area contributed by atoms with Crippen LogP contribution in [0.2, 0.25) is 0 Å². The summed E-state index contributed by atoms with van der Waals surface area (Å²) in [6, 6.07) is 0. The molecule has 96 valence electrons. The van der Waals surface area contributed by atoms with E-state index in [4.69, 9.17) is 9.47 Å². The van der Waals surface area contributed by atoms with E-state index in [-0.39, 0.29) is 5.91 Å². The molecule has 0 aromatic rings. The summed E-state index contributed by atoms with van der Waals surface area (Å²) in [5, 5.41) is 5.80. The molecule has 0 fully saturated rings. The number of nitrogens with one attached hydrogen (secondary N) is 2. The molecule has 1 amide bonds. The summed E-state index contributed by atoms with van der Waals surface area (Å²) in [7, 11) is 3.49. The van der Waals surface area contributed by atoms with Gasteiger partial charge in [0, 0.05) is 33.2 Å². The van der Waals surface area contributed by atoms with Crippen molar-refractivity contribution in [3.05, 3.63) is 0 Å². The number of amides is 1. The number of methoxy groups -OCH3 is 1. The fourth-order valence-electron chi connectivity index (χ4n) is 1.13. The van der Waals surface area contributed by atoms with Gasteiger partial charge in [-0.25, -0.2) is 0 Å². The first-order valence-electron chi connectivity index (χ1n) is 5.79. The molecule has 2 N–H and O–H groups in total. The van der Waals surface area contributed by atoms with Gasteiger partial charge in [0.25, 0.3) is 0 Å². The number of unbranched alkanes of at least 4 members (excludes halogenated alkanes) is 1. The van der Waals surface area contributed by atoms with Gasteiger partial charge >= 0.3 is 0 Å². The van der Waals surface area contributed by atoms with Gasteiger partial charge in [0.15, 0.2) is 0 Å². The second-order valence-electron chi connectivity index (χ2n) is 3.52. The number of rotatable bonds is 11. The lowest BCUT2D eigenvalue weighted by Gasteiger charge is -2.05. The van der Waals surface area contributed by atoms with Crippen LogP contribution in [0.3, 0.4) is 0 Å². The Kier molecular flexibility index (Phi) is 11.9. The Bertz CT molecular complexity index is 165. The molecule has 0 saturated heterocycles. The minimum absolute atomic E-state index is 0.106.